The lowest BCUT2D eigenvalue weighted by Crippen LogP contribution is -2.20. The molecule has 2 N–H and O–H groups in total. The Morgan fingerprint density at radius 3 is 2.44 bits per heavy atom. The van der Waals surface area contributed by atoms with E-state index in [9.17, 15) is 14.9 Å². The number of carbonyl (C=O) groups is 1. The fourth-order valence-corrected chi connectivity index (χ4v) is 2.66. The van der Waals surface area contributed by atoms with Crippen molar-refractivity contribution in [3.8, 4) is 0 Å². The summed E-state index contributed by atoms with van der Waals surface area (Å²) < 4.78 is 5.32. The van der Waals surface area contributed by atoms with Crippen LogP contribution in [0.25, 0.3) is 11.0 Å². The van der Waals surface area contributed by atoms with Gasteiger partial charge < -0.3 is 9.73 Å². The molecular weight excluding hydrogens is 322 g/mol. The molecule has 0 saturated heterocycles. The molecule has 0 radical (unpaired) electrons. The molecule has 0 bridgehead atoms. The number of carbonyl (C=O) groups excluding carboxylic acids is 1. The Bertz CT molecular complexity index is 1050. The molecule has 0 aliphatic heterocycles. The molecule has 1 aromatic heterocycles. The Kier molecular flexibility index (Phi) is 4.06. The van der Waals surface area contributed by atoms with Crippen molar-refractivity contribution >= 4 is 28.3 Å². The first-order valence-corrected chi connectivity index (χ1v) is 7.50. The van der Waals surface area contributed by atoms with Gasteiger partial charge in [-0.1, -0.05) is 6.07 Å². The van der Waals surface area contributed by atoms with Crippen molar-refractivity contribution in [2.45, 2.75) is 13.8 Å². The van der Waals surface area contributed by atoms with Crippen LogP contribution in [0, 0.1) is 29.4 Å². The second-order valence-electron chi connectivity index (χ2n) is 5.80. The highest BCUT2D eigenvalue weighted by Crippen LogP contribution is 2.21. The summed E-state index contributed by atoms with van der Waals surface area (Å²) in [5, 5.41) is 21.9. The summed E-state index contributed by atoms with van der Waals surface area (Å²) in [6.45, 7) is 3.84. The standard InChI is InChI=1S/C18H15N3O4/c1-10-5-11(2)7-13(6-10)20-18(22)15-9-12-8-14(21(23)24)3-4-16(12)25-17(15)19/h3-9,19H,1-2H3,(H,20,22). The van der Waals surface area contributed by atoms with Crippen LogP contribution in [-0.4, -0.2) is 10.8 Å². The summed E-state index contributed by atoms with van der Waals surface area (Å²) in [6, 6.07) is 11.1. The van der Waals surface area contributed by atoms with Gasteiger partial charge in [0.25, 0.3) is 11.6 Å². The van der Waals surface area contributed by atoms with E-state index in [1.54, 1.807) is 0 Å². The summed E-state index contributed by atoms with van der Waals surface area (Å²) in [5.41, 5.74) is 2.51. The summed E-state index contributed by atoms with van der Waals surface area (Å²) in [5.74, 6) is -0.507. The minimum atomic E-state index is -0.524. The van der Waals surface area contributed by atoms with Crippen molar-refractivity contribution in [3.63, 3.8) is 0 Å². The molecule has 0 spiro atoms. The molecule has 0 unspecified atom stereocenters. The van der Waals surface area contributed by atoms with Gasteiger partial charge in [0, 0.05) is 23.2 Å². The van der Waals surface area contributed by atoms with Gasteiger partial charge in [-0.2, -0.15) is 0 Å². The first-order chi connectivity index (χ1) is 11.8. The van der Waals surface area contributed by atoms with Gasteiger partial charge in [0.05, 0.1) is 4.92 Å². The number of fused-ring (bicyclic) bond motifs is 1. The number of nitro benzene ring substituents is 1. The molecule has 0 saturated carbocycles. The van der Waals surface area contributed by atoms with Crippen molar-refractivity contribution in [1.29, 1.82) is 5.41 Å². The Balaban J connectivity index is 2.01. The fraction of sp³-hybridized carbons (Fsp3) is 0.111. The van der Waals surface area contributed by atoms with Crippen LogP contribution in [0.1, 0.15) is 21.5 Å². The van der Waals surface area contributed by atoms with Crippen LogP contribution in [-0.2, 0) is 0 Å². The number of nitrogens with one attached hydrogen (secondary N) is 2. The number of anilines is 1. The largest absolute Gasteiger partial charge is 0.438 e. The van der Waals surface area contributed by atoms with E-state index in [2.05, 4.69) is 5.32 Å². The predicted octanol–water partition coefficient (Wildman–Crippen LogP) is 3.69. The zero-order valence-electron chi connectivity index (χ0n) is 13.6. The van der Waals surface area contributed by atoms with Gasteiger partial charge in [-0.3, -0.25) is 20.3 Å². The summed E-state index contributed by atoms with van der Waals surface area (Å²) in [7, 11) is 0. The molecule has 0 aliphatic rings. The summed E-state index contributed by atoms with van der Waals surface area (Å²) in [4.78, 5) is 22.9. The van der Waals surface area contributed by atoms with Gasteiger partial charge in [-0.05, 0) is 49.2 Å². The number of aryl methyl sites for hydroxylation is 2. The molecule has 25 heavy (non-hydrogen) atoms. The third-order valence-electron chi connectivity index (χ3n) is 3.68. The highest BCUT2D eigenvalue weighted by molar-refractivity contribution is 6.05. The average Bonchev–Trinajstić information content (AvgIpc) is 2.52. The fourth-order valence-electron chi connectivity index (χ4n) is 2.66. The molecule has 3 rings (SSSR count). The Hall–Kier alpha value is -3.48. The molecule has 7 nitrogen and oxygen atoms in total. The smallest absolute Gasteiger partial charge is 0.270 e. The monoisotopic (exact) mass is 337 g/mol. The second-order valence-corrected chi connectivity index (χ2v) is 5.80. The maximum absolute atomic E-state index is 12.5. The van der Waals surface area contributed by atoms with Crippen LogP contribution >= 0.6 is 0 Å². The number of hydrogen-bond donors (Lipinski definition) is 2. The van der Waals surface area contributed by atoms with Crippen LogP contribution in [0.3, 0.4) is 0 Å². The van der Waals surface area contributed by atoms with E-state index in [1.165, 1.54) is 24.3 Å². The Morgan fingerprint density at radius 2 is 1.80 bits per heavy atom. The van der Waals surface area contributed by atoms with Gasteiger partial charge in [-0.15, -0.1) is 0 Å². The van der Waals surface area contributed by atoms with Crippen molar-refractivity contribution in [3.05, 3.63) is 74.8 Å². The van der Waals surface area contributed by atoms with Crippen molar-refractivity contribution in [2.75, 3.05) is 5.32 Å². The minimum Gasteiger partial charge on any atom is -0.438 e. The number of non-ortho nitro benzene ring substituents is 1. The molecule has 1 heterocycles. The van der Waals surface area contributed by atoms with E-state index in [1.807, 2.05) is 32.0 Å². The van der Waals surface area contributed by atoms with Crippen LogP contribution in [0.4, 0.5) is 11.4 Å². The molecular formula is C18H15N3O4. The average molecular weight is 337 g/mol. The number of nitrogens with zero attached hydrogens (tertiary/aromatic N) is 1. The minimum absolute atomic E-state index is 0.00663. The third kappa shape index (κ3) is 3.40. The third-order valence-corrected chi connectivity index (χ3v) is 3.68. The molecule has 7 heteroatoms. The highest BCUT2D eigenvalue weighted by Gasteiger charge is 2.14. The van der Waals surface area contributed by atoms with Gasteiger partial charge >= 0.3 is 0 Å². The van der Waals surface area contributed by atoms with Crippen LogP contribution in [0.15, 0.2) is 46.9 Å². The van der Waals surface area contributed by atoms with Crippen LogP contribution in [0.5, 0.6) is 0 Å². The van der Waals surface area contributed by atoms with Gasteiger partial charge in [0.2, 0.25) is 5.55 Å². The molecule has 2 aromatic carbocycles. The zero-order valence-corrected chi connectivity index (χ0v) is 13.6. The zero-order chi connectivity index (χ0) is 18.1. The number of rotatable bonds is 3. The van der Waals surface area contributed by atoms with Gasteiger partial charge in [0.1, 0.15) is 11.1 Å². The maximum Gasteiger partial charge on any atom is 0.270 e. The maximum atomic E-state index is 12.5. The van der Waals surface area contributed by atoms with Crippen molar-refractivity contribution in [2.24, 2.45) is 0 Å². The van der Waals surface area contributed by atoms with E-state index in [4.69, 9.17) is 9.83 Å². The topological polar surface area (TPSA) is 109 Å². The molecule has 1 amide bonds. The van der Waals surface area contributed by atoms with E-state index >= 15 is 0 Å². The second kappa shape index (κ2) is 6.20. The van der Waals surface area contributed by atoms with Gasteiger partial charge in [-0.25, -0.2) is 0 Å². The molecule has 0 fully saturated rings. The quantitative estimate of drug-likeness (QED) is 0.561. The molecule has 0 aliphatic carbocycles. The lowest BCUT2D eigenvalue weighted by molar-refractivity contribution is -0.384. The Morgan fingerprint density at radius 1 is 1.12 bits per heavy atom. The van der Waals surface area contributed by atoms with E-state index in [0.717, 1.165) is 11.1 Å². The number of amides is 1. The van der Waals surface area contributed by atoms with E-state index in [0.29, 0.717) is 16.7 Å². The molecule has 0 atom stereocenters. The van der Waals surface area contributed by atoms with E-state index < -0.39 is 10.8 Å². The lowest BCUT2D eigenvalue weighted by Gasteiger charge is -2.08. The lowest BCUT2D eigenvalue weighted by atomic mass is 10.1. The number of hydrogen-bond acceptors (Lipinski definition) is 5. The normalized spacial score (nSPS) is 10.6. The van der Waals surface area contributed by atoms with Crippen LogP contribution < -0.4 is 10.9 Å². The predicted molar refractivity (Wildman–Crippen MR) is 92.6 cm³/mol. The first kappa shape index (κ1) is 16.4. The molecule has 126 valence electrons. The summed E-state index contributed by atoms with van der Waals surface area (Å²) >= 11 is 0. The summed E-state index contributed by atoms with van der Waals surface area (Å²) in [6.07, 6.45) is 0. The SMILES string of the molecule is Cc1cc(C)cc(NC(=O)c2cc3cc([N+](=O)[O-])ccc3oc2=N)c1. The van der Waals surface area contributed by atoms with Crippen LogP contribution in [0.2, 0.25) is 0 Å². The highest BCUT2D eigenvalue weighted by atomic mass is 16.6. The van der Waals surface area contributed by atoms with E-state index in [-0.39, 0.29) is 16.8 Å². The van der Waals surface area contributed by atoms with Gasteiger partial charge in [0.15, 0.2) is 0 Å². The number of nitro groups is 1. The first-order valence-electron chi connectivity index (χ1n) is 7.50. The van der Waals surface area contributed by atoms with Crippen molar-refractivity contribution in [1.82, 2.24) is 0 Å². The molecule has 3 aromatic rings. The van der Waals surface area contributed by atoms with Crippen molar-refractivity contribution < 1.29 is 14.1 Å². The number of benzene rings is 2. The Labute approximate surface area is 142 Å².